The highest BCUT2D eigenvalue weighted by Gasteiger charge is 2.15. The third-order valence-electron chi connectivity index (χ3n) is 3.89. The minimum absolute atomic E-state index is 0.693. The van der Waals surface area contributed by atoms with Crippen LogP contribution in [0.25, 0.3) is 0 Å². The van der Waals surface area contributed by atoms with Crippen molar-refractivity contribution < 1.29 is 0 Å². The summed E-state index contributed by atoms with van der Waals surface area (Å²) in [6.07, 6.45) is 9.87. The predicted molar refractivity (Wildman–Crippen MR) is 76.8 cm³/mol. The van der Waals surface area contributed by atoms with Crippen molar-refractivity contribution in [2.24, 2.45) is 11.7 Å². The number of hydrogen-bond donors (Lipinski definition) is 1. The van der Waals surface area contributed by atoms with Crippen molar-refractivity contribution in [3.63, 3.8) is 0 Å². The molecule has 0 radical (unpaired) electrons. The lowest BCUT2D eigenvalue weighted by Crippen LogP contribution is -2.27. The maximum atomic E-state index is 5.54. The Hall–Kier alpha value is -1.09. The summed E-state index contributed by atoms with van der Waals surface area (Å²) in [5, 5.41) is 0. The van der Waals surface area contributed by atoms with E-state index in [2.05, 4.69) is 29.1 Å². The van der Waals surface area contributed by atoms with Crippen LogP contribution < -0.4 is 10.6 Å². The third-order valence-corrected chi connectivity index (χ3v) is 3.89. The maximum Gasteiger partial charge on any atom is 0.128 e. The molecule has 100 valence electrons. The second-order valence-corrected chi connectivity index (χ2v) is 5.45. The number of nitrogens with two attached hydrogens (primary N) is 1. The Morgan fingerprint density at radius 2 is 2.06 bits per heavy atom. The molecule has 1 heterocycles. The molecule has 1 aliphatic carbocycles. The maximum absolute atomic E-state index is 5.54. The first-order valence-electron chi connectivity index (χ1n) is 7.15. The number of anilines is 1. The van der Waals surface area contributed by atoms with E-state index >= 15 is 0 Å². The van der Waals surface area contributed by atoms with E-state index in [0.29, 0.717) is 6.54 Å². The van der Waals surface area contributed by atoms with Crippen molar-refractivity contribution in [1.29, 1.82) is 0 Å². The minimum Gasteiger partial charge on any atom is -0.359 e. The minimum atomic E-state index is 0.693. The lowest BCUT2D eigenvalue weighted by Gasteiger charge is -2.27. The van der Waals surface area contributed by atoms with Gasteiger partial charge in [0.05, 0.1) is 0 Å². The van der Waals surface area contributed by atoms with Crippen molar-refractivity contribution in [2.45, 2.75) is 38.5 Å². The molecule has 2 N–H and O–H groups in total. The average Bonchev–Trinajstić information content (AvgIpc) is 2.41. The van der Waals surface area contributed by atoms with Gasteiger partial charge in [-0.2, -0.15) is 0 Å². The quantitative estimate of drug-likeness (QED) is 0.869. The fourth-order valence-electron chi connectivity index (χ4n) is 2.81. The summed E-state index contributed by atoms with van der Waals surface area (Å²) in [5.41, 5.74) is 6.77. The normalized spacial score (nSPS) is 16.8. The van der Waals surface area contributed by atoms with Gasteiger partial charge in [0.25, 0.3) is 0 Å². The van der Waals surface area contributed by atoms with Gasteiger partial charge >= 0.3 is 0 Å². The van der Waals surface area contributed by atoms with Gasteiger partial charge in [-0.3, -0.25) is 0 Å². The van der Waals surface area contributed by atoms with Crippen LogP contribution in [0.5, 0.6) is 0 Å². The lowest BCUT2D eigenvalue weighted by atomic mass is 9.89. The molecule has 0 aromatic carbocycles. The zero-order chi connectivity index (χ0) is 12.8. The Morgan fingerprint density at radius 3 is 2.67 bits per heavy atom. The molecule has 1 aromatic rings. The molecule has 0 aliphatic heterocycles. The first-order valence-corrected chi connectivity index (χ1v) is 7.15. The van der Waals surface area contributed by atoms with Crippen LogP contribution in [-0.4, -0.2) is 25.1 Å². The molecule has 0 atom stereocenters. The van der Waals surface area contributed by atoms with Gasteiger partial charge in [0.15, 0.2) is 0 Å². The fraction of sp³-hybridized carbons (Fsp3) is 0.667. The molecule has 0 unspecified atom stereocenters. The molecule has 1 aliphatic rings. The number of hydrogen-bond acceptors (Lipinski definition) is 3. The summed E-state index contributed by atoms with van der Waals surface area (Å²) in [5.74, 6) is 1.94. The molecule has 0 bridgehead atoms. The van der Waals surface area contributed by atoms with Crippen LogP contribution in [-0.2, 0) is 6.42 Å². The summed E-state index contributed by atoms with van der Waals surface area (Å²) in [6.45, 7) is 1.84. The number of nitrogens with zero attached hydrogens (tertiary/aromatic N) is 2. The van der Waals surface area contributed by atoms with Gasteiger partial charge in [0.2, 0.25) is 0 Å². The van der Waals surface area contributed by atoms with Gasteiger partial charge in [0, 0.05) is 19.8 Å². The van der Waals surface area contributed by atoms with Crippen LogP contribution >= 0.6 is 0 Å². The van der Waals surface area contributed by atoms with Crippen LogP contribution in [0.15, 0.2) is 18.3 Å². The van der Waals surface area contributed by atoms with E-state index in [-0.39, 0.29) is 0 Å². The van der Waals surface area contributed by atoms with Crippen LogP contribution in [0.1, 0.15) is 37.7 Å². The SMILES string of the molecule is CN(CC1CCCCC1)c1ccc(CCN)cn1. The first-order chi connectivity index (χ1) is 8.79. The molecule has 18 heavy (non-hydrogen) atoms. The predicted octanol–water partition coefficient (Wildman–Crippen LogP) is 2.60. The standard InChI is InChI=1S/C15H25N3/c1-18(12-14-5-3-2-4-6-14)15-8-7-13(9-10-16)11-17-15/h7-8,11,14H,2-6,9-10,12,16H2,1H3. The highest BCUT2D eigenvalue weighted by molar-refractivity contribution is 5.38. The van der Waals surface area contributed by atoms with Gasteiger partial charge in [-0.25, -0.2) is 4.98 Å². The van der Waals surface area contributed by atoms with E-state index in [9.17, 15) is 0 Å². The highest BCUT2D eigenvalue weighted by Crippen LogP contribution is 2.25. The molecule has 0 saturated heterocycles. The Balaban J connectivity index is 1.89. The largest absolute Gasteiger partial charge is 0.359 e. The molecule has 1 aromatic heterocycles. The fourth-order valence-corrected chi connectivity index (χ4v) is 2.81. The summed E-state index contributed by atoms with van der Waals surface area (Å²) < 4.78 is 0. The van der Waals surface area contributed by atoms with E-state index in [1.54, 1.807) is 0 Å². The van der Waals surface area contributed by atoms with E-state index in [1.165, 1.54) is 37.7 Å². The van der Waals surface area contributed by atoms with Crippen LogP contribution in [0.2, 0.25) is 0 Å². The Kier molecular flexibility index (Phi) is 5.00. The van der Waals surface area contributed by atoms with Crippen LogP contribution in [0.3, 0.4) is 0 Å². The zero-order valence-corrected chi connectivity index (χ0v) is 11.4. The number of aromatic nitrogens is 1. The summed E-state index contributed by atoms with van der Waals surface area (Å²) in [7, 11) is 2.15. The first kappa shape index (κ1) is 13.3. The van der Waals surface area contributed by atoms with E-state index < -0.39 is 0 Å². The van der Waals surface area contributed by atoms with Gasteiger partial charge in [-0.05, 0) is 43.4 Å². The molecule has 1 fully saturated rings. The second-order valence-electron chi connectivity index (χ2n) is 5.45. The summed E-state index contributed by atoms with van der Waals surface area (Å²) in [6, 6.07) is 4.26. The number of pyridine rings is 1. The second kappa shape index (κ2) is 6.74. The Bertz CT molecular complexity index is 341. The molecule has 0 amide bonds. The monoisotopic (exact) mass is 247 g/mol. The molecule has 0 spiro atoms. The van der Waals surface area contributed by atoms with Gasteiger partial charge in [0.1, 0.15) is 5.82 Å². The average molecular weight is 247 g/mol. The summed E-state index contributed by atoms with van der Waals surface area (Å²) >= 11 is 0. The van der Waals surface area contributed by atoms with Crippen molar-refractivity contribution in [3.8, 4) is 0 Å². The lowest BCUT2D eigenvalue weighted by molar-refractivity contribution is 0.361. The van der Waals surface area contributed by atoms with Gasteiger partial charge < -0.3 is 10.6 Å². The van der Waals surface area contributed by atoms with Crippen LogP contribution in [0.4, 0.5) is 5.82 Å². The molecular formula is C15H25N3. The molecule has 3 nitrogen and oxygen atoms in total. The molecule has 2 rings (SSSR count). The van der Waals surface area contributed by atoms with Crippen molar-refractivity contribution in [1.82, 2.24) is 4.98 Å². The van der Waals surface area contributed by atoms with Gasteiger partial charge in [-0.1, -0.05) is 25.3 Å². The smallest absolute Gasteiger partial charge is 0.128 e. The molecule has 3 heteroatoms. The molecule has 1 saturated carbocycles. The summed E-state index contributed by atoms with van der Waals surface area (Å²) in [4.78, 5) is 6.83. The Labute approximate surface area is 110 Å². The van der Waals surface area contributed by atoms with Crippen molar-refractivity contribution in [3.05, 3.63) is 23.9 Å². The van der Waals surface area contributed by atoms with E-state index in [4.69, 9.17) is 5.73 Å². The van der Waals surface area contributed by atoms with E-state index in [0.717, 1.165) is 24.7 Å². The number of rotatable bonds is 5. The highest BCUT2D eigenvalue weighted by atomic mass is 15.2. The van der Waals surface area contributed by atoms with Crippen LogP contribution in [0, 0.1) is 5.92 Å². The van der Waals surface area contributed by atoms with Crippen molar-refractivity contribution >= 4 is 5.82 Å². The molecular weight excluding hydrogens is 222 g/mol. The topological polar surface area (TPSA) is 42.1 Å². The van der Waals surface area contributed by atoms with Crippen molar-refractivity contribution in [2.75, 3.05) is 25.0 Å². The third kappa shape index (κ3) is 3.70. The van der Waals surface area contributed by atoms with E-state index in [1.807, 2.05) is 6.20 Å². The zero-order valence-electron chi connectivity index (χ0n) is 11.4. The van der Waals surface area contributed by atoms with Gasteiger partial charge in [-0.15, -0.1) is 0 Å². The Morgan fingerprint density at radius 1 is 1.28 bits per heavy atom.